The van der Waals surface area contributed by atoms with Crippen molar-refractivity contribution in [3.8, 4) is 17.2 Å². The van der Waals surface area contributed by atoms with Crippen LogP contribution in [-0.4, -0.2) is 39.6 Å². The molecule has 0 saturated heterocycles. The maximum atomic E-state index is 5.49. The van der Waals surface area contributed by atoms with E-state index in [4.69, 9.17) is 28.4 Å². The molecule has 0 heterocycles. The molecule has 6 nitrogen and oxygen atoms in total. The van der Waals surface area contributed by atoms with Crippen molar-refractivity contribution >= 4 is 0 Å². The van der Waals surface area contributed by atoms with Gasteiger partial charge in [0, 0.05) is 0 Å². The molecule has 0 saturated carbocycles. The first-order valence-electron chi connectivity index (χ1n) is 10.6. The molecule has 178 valence electrons. The minimum Gasteiger partial charge on any atom is -0.498 e. The van der Waals surface area contributed by atoms with Gasteiger partial charge in [-0.2, -0.15) is 0 Å². The van der Waals surface area contributed by atoms with Gasteiger partial charge in [-0.25, -0.2) is 0 Å². The Morgan fingerprint density at radius 1 is 0.545 bits per heavy atom. The molecule has 0 aliphatic carbocycles. The molecule has 0 radical (unpaired) electrons. The van der Waals surface area contributed by atoms with E-state index in [0.29, 0.717) is 39.6 Å². The van der Waals surface area contributed by atoms with Crippen LogP contribution in [0, 0.1) is 0 Å². The average molecular weight is 455 g/mol. The second-order valence-corrected chi connectivity index (χ2v) is 6.27. The first-order chi connectivity index (χ1) is 16.2. The lowest BCUT2D eigenvalue weighted by atomic mass is 10.1. The summed E-state index contributed by atoms with van der Waals surface area (Å²) in [6.07, 6.45) is 6.94. The van der Waals surface area contributed by atoms with Gasteiger partial charge in [-0.3, -0.25) is 0 Å². The molecule has 0 aliphatic rings. The Morgan fingerprint density at radius 3 is 1.42 bits per heavy atom. The molecule has 33 heavy (non-hydrogen) atoms. The normalized spacial score (nSPS) is 9.33. The smallest absolute Gasteiger partial charge is 0.122 e. The Hall–Kier alpha value is -3.80. The predicted molar refractivity (Wildman–Crippen MR) is 132 cm³/mol. The molecular formula is C27H34O6. The third-order valence-corrected chi connectivity index (χ3v) is 3.87. The zero-order valence-electron chi connectivity index (χ0n) is 19.2. The van der Waals surface area contributed by atoms with E-state index in [2.05, 4.69) is 32.4 Å². The molecule has 0 fully saturated rings. The van der Waals surface area contributed by atoms with Crippen LogP contribution < -0.4 is 14.2 Å². The molecule has 2 aromatic rings. The van der Waals surface area contributed by atoms with Crippen LogP contribution in [0.3, 0.4) is 0 Å². The molecule has 0 unspecified atom stereocenters. The van der Waals surface area contributed by atoms with E-state index in [1.807, 2.05) is 48.5 Å². The first-order valence-corrected chi connectivity index (χ1v) is 10.6. The molecular weight excluding hydrogens is 420 g/mol. The predicted octanol–water partition coefficient (Wildman–Crippen LogP) is 5.72. The molecule has 2 aromatic carbocycles. The van der Waals surface area contributed by atoms with Crippen LogP contribution in [0.1, 0.15) is 5.56 Å². The molecule has 0 atom stereocenters. The van der Waals surface area contributed by atoms with E-state index in [9.17, 15) is 0 Å². The summed E-state index contributed by atoms with van der Waals surface area (Å²) in [4.78, 5) is 0. The van der Waals surface area contributed by atoms with Crippen molar-refractivity contribution in [2.45, 2.75) is 6.42 Å². The van der Waals surface area contributed by atoms with Crippen LogP contribution in [0.2, 0.25) is 0 Å². The topological polar surface area (TPSA) is 55.4 Å². The highest BCUT2D eigenvalue weighted by Gasteiger charge is 1.97. The lowest BCUT2D eigenvalue weighted by molar-refractivity contribution is 0.177. The van der Waals surface area contributed by atoms with Crippen molar-refractivity contribution < 1.29 is 28.4 Å². The molecule has 0 aromatic heterocycles. The van der Waals surface area contributed by atoms with Gasteiger partial charge in [0.05, 0.1) is 18.8 Å². The maximum Gasteiger partial charge on any atom is 0.122 e. The van der Waals surface area contributed by atoms with Crippen LogP contribution in [0.5, 0.6) is 17.2 Å². The Labute approximate surface area is 197 Å². The number of hydrogen-bond donors (Lipinski definition) is 0. The first kappa shape index (κ1) is 27.2. The van der Waals surface area contributed by atoms with Gasteiger partial charge >= 0.3 is 0 Å². The summed E-state index contributed by atoms with van der Waals surface area (Å²) in [6.45, 7) is 17.0. The summed E-state index contributed by atoms with van der Waals surface area (Å²) >= 11 is 0. The largest absolute Gasteiger partial charge is 0.498 e. The van der Waals surface area contributed by atoms with Crippen molar-refractivity contribution in [1.82, 2.24) is 0 Å². The Morgan fingerprint density at radius 2 is 1.00 bits per heavy atom. The van der Waals surface area contributed by atoms with E-state index in [1.54, 1.807) is 0 Å². The van der Waals surface area contributed by atoms with Gasteiger partial charge in [0.25, 0.3) is 0 Å². The number of benzene rings is 2. The summed E-state index contributed by atoms with van der Waals surface area (Å²) in [5.74, 6) is 2.41. The quantitative estimate of drug-likeness (QED) is 0.173. The molecule has 0 amide bonds. The van der Waals surface area contributed by atoms with Crippen molar-refractivity contribution in [1.29, 1.82) is 0 Å². The molecule has 0 spiro atoms. The highest BCUT2D eigenvalue weighted by molar-refractivity contribution is 5.31. The Balaban J connectivity index is 0.000000335. The summed E-state index contributed by atoms with van der Waals surface area (Å²) in [7, 11) is 0. The highest BCUT2D eigenvalue weighted by atomic mass is 16.5. The van der Waals surface area contributed by atoms with Crippen LogP contribution in [0.4, 0.5) is 0 Å². The summed E-state index contributed by atoms with van der Waals surface area (Å²) in [5.41, 5.74) is 1.20. The van der Waals surface area contributed by atoms with Crippen LogP contribution in [0.25, 0.3) is 0 Å². The van der Waals surface area contributed by atoms with Gasteiger partial charge in [0.1, 0.15) is 56.9 Å². The van der Waals surface area contributed by atoms with Gasteiger partial charge in [-0.1, -0.05) is 37.9 Å². The molecule has 0 N–H and O–H groups in total. The number of allylic oxidation sites excluding steroid dienone is 1. The van der Waals surface area contributed by atoms with Crippen LogP contribution in [0.15, 0.2) is 99.7 Å². The van der Waals surface area contributed by atoms with E-state index in [1.165, 1.54) is 24.3 Å². The lowest BCUT2D eigenvalue weighted by Gasteiger charge is -2.08. The minimum atomic E-state index is 0.486. The molecule has 6 heteroatoms. The summed E-state index contributed by atoms with van der Waals surface area (Å²) < 4.78 is 31.2. The van der Waals surface area contributed by atoms with Gasteiger partial charge in [0.15, 0.2) is 0 Å². The third kappa shape index (κ3) is 14.0. The fourth-order valence-corrected chi connectivity index (χ4v) is 2.43. The van der Waals surface area contributed by atoms with E-state index in [0.717, 1.165) is 23.7 Å². The highest BCUT2D eigenvalue weighted by Crippen LogP contribution is 2.17. The zero-order chi connectivity index (χ0) is 24.0. The molecule has 0 bridgehead atoms. The summed E-state index contributed by atoms with van der Waals surface area (Å²) in [5, 5.41) is 0. The minimum absolute atomic E-state index is 0.486. The summed E-state index contributed by atoms with van der Waals surface area (Å²) in [6, 6.07) is 15.3. The number of hydrogen-bond acceptors (Lipinski definition) is 6. The lowest BCUT2D eigenvalue weighted by Crippen LogP contribution is -2.05. The van der Waals surface area contributed by atoms with Crippen molar-refractivity contribution in [2.75, 3.05) is 39.6 Å². The number of rotatable bonds is 17. The van der Waals surface area contributed by atoms with Gasteiger partial charge in [0.2, 0.25) is 0 Å². The van der Waals surface area contributed by atoms with E-state index < -0.39 is 0 Å². The van der Waals surface area contributed by atoms with Gasteiger partial charge in [-0.15, -0.1) is 6.58 Å². The van der Waals surface area contributed by atoms with Crippen molar-refractivity contribution in [2.24, 2.45) is 0 Å². The average Bonchev–Trinajstić information content (AvgIpc) is 2.84. The fourth-order valence-electron chi connectivity index (χ4n) is 2.43. The second-order valence-electron chi connectivity index (χ2n) is 6.27. The molecule has 2 rings (SSSR count). The van der Waals surface area contributed by atoms with Gasteiger partial charge < -0.3 is 28.4 Å². The van der Waals surface area contributed by atoms with Crippen molar-refractivity contribution in [3.05, 3.63) is 105 Å². The number of ether oxygens (including phenoxy) is 6. The SMILES string of the molecule is C=CCc1cccc(OCCOC=C)c1.C=COCCOc1ccc(OCCOC=C)cc1. The fraction of sp³-hybridized carbons (Fsp3) is 0.259. The van der Waals surface area contributed by atoms with Gasteiger partial charge in [-0.05, 0) is 48.4 Å². The van der Waals surface area contributed by atoms with Crippen molar-refractivity contribution in [3.63, 3.8) is 0 Å². The maximum absolute atomic E-state index is 5.49. The monoisotopic (exact) mass is 454 g/mol. The standard InChI is InChI=1S/C14H18O4.C13H16O2/c1-3-15-9-11-17-13-5-7-14(8-6-13)18-12-10-16-4-2;1-3-6-12-7-5-8-13(11-12)15-10-9-14-4-2/h3-8H,1-2,9-12H2;3-5,7-8,11H,1-2,6,9-10H2. The Kier molecular flexibility index (Phi) is 15.6. The van der Waals surface area contributed by atoms with E-state index >= 15 is 0 Å². The molecule has 0 aliphatic heterocycles. The second kappa shape index (κ2) is 18.9. The zero-order valence-corrected chi connectivity index (χ0v) is 19.2. The third-order valence-electron chi connectivity index (χ3n) is 3.87. The van der Waals surface area contributed by atoms with Crippen LogP contribution in [-0.2, 0) is 20.6 Å². The van der Waals surface area contributed by atoms with Crippen LogP contribution >= 0.6 is 0 Å². The Bertz CT molecular complexity index is 766. The van der Waals surface area contributed by atoms with E-state index in [-0.39, 0.29) is 0 Å².